The van der Waals surface area contributed by atoms with Gasteiger partial charge in [-0.15, -0.1) is 24.0 Å². The average molecular weight is 488 g/mol. The number of nitrogens with zero attached hydrogens (tertiary/aromatic N) is 1. The lowest BCUT2D eigenvalue weighted by atomic mass is 9.95. The van der Waals surface area contributed by atoms with Crippen LogP contribution in [0.15, 0.2) is 29.3 Å². The van der Waals surface area contributed by atoms with Crippen molar-refractivity contribution in [2.75, 3.05) is 27.2 Å². The number of rotatable bonds is 8. The van der Waals surface area contributed by atoms with Gasteiger partial charge in [0, 0.05) is 32.6 Å². The highest BCUT2D eigenvalue weighted by Gasteiger charge is 2.15. The highest BCUT2D eigenvalue weighted by atomic mass is 127. The highest BCUT2D eigenvalue weighted by molar-refractivity contribution is 14.0. The number of carbonyl (C=O) groups is 1. The number of carbonyl (C=O) groups excluding carboxylic acids is 1. The van der Waals surface area contributed by atoms with Gasteiger partial charge in [-0.2, -0.15) is 0 Å². The molecular weight excluding hydrogens is 455 g/mol. The highest BCUT2D eigenvalue weighted by Crippen LogP contribution is 2.18. The van der Waals surface area contributed by atoms with Crippen LogP contribution < -0.4 is 20.7 Å². The summed E-state index contributed by atoms with van der Waals surface area (Å²) >= 11 is 0. The summed E-state index contributed by atoms with van der Waals surface area (Å²) in [5.74, 6) is 1.73. The van der Waals surface area contributed by atoms with E-state index >= 15 is 0 Å². The van der Waals surface area contributed by atoms with Crippen molar-refractivity contribution >= 4 is 35.8 Å². The number of hydrogen-bond donors (Lipinski definition) is 3. The van der Waals surface area contributed by atoms with E-state index < -0.39 is 0 Å². The van der Waals surface area contributed by atoms with Crippen molar-refractivity contribution in [2.24, 2.45) is 4.99 Å². The van der Waals surface area contributed by atoms with Gasteiger partial charge in [0.05, 0.1) is 7.11 Å². The Balaban J connectivity index is 0.00000364. The van der Waals surface area contributed by atoms with Crippen molar-refractivity contribution < 1.29 is 9.53 Å². The minimum Gasteiger partial charge on any atom is -0.496 e. The molecule has 0 radical (unpaired) electrons. The largest absolute Gasteiger partial charge is 0.496 e. The van der Waals surface area contributed by atoms with Crippen LogP contribution in [0.25, 0.3) is 0 Å². The van der Waals surface area contributed by atoms with Gasteiger partial charge in [-0.05, 0) is 30.9 Å². The van der Waals surface area contributed by atoms with Gasteiger partial charge in [-0.25, -0.2) is 0 Å². The molecule has 0 unspecified atom stereocenters. The molecule has 1 aromatic carbocycles. The number of benzene rings is 1. The fourth-order valence-electron chi connectivity index (χ4n) is 3.29. The predicted octanol–water partition coefficient (Wildman–Crippen LogP) is 2.86. The van der Waals surface area contributed by atoms with Crippen LogP contribution >= 0.6 is 24.0 Å². The van der Waals surface area contributed by atoms with E-state index in [1.54, 1.807) is 14.2 Å². The first-order valence-electron chi connectivity index (χ1n) is 9.58. The third kappa shape index (κ3) is 8.81. The average Bonchev–Trinajstić information content (AvgIpc) is 2.68. The summed E-state index contributed by atoms with van der Waals surface area (Å²) in [6, 6.07) is 8.37. The van der Waals surface area contributed by atoms with Gasteiger partial charge in [0.25, 0.3) is 0 Å². The number of hydrogen-bond acceptors (Lipinski definition) is 3. The maximum Gasteiger partial charge on any atom is 0.221 e. The van der Waals surface area contributed by atoms with Crippen LogP contribution in [0.5, 0.6) is 5.75 Å². The number of nitrogens with one attached hydrogen (secondary N) is 3. The third-order valence-electron chi connectivity index (χ3n) is 4.72. The maximum atomic E-state index is 12.0. The lowest BCUT2D eigenvalue weighted by Gasteiger charge is -2.22. The summed E-state index contributed by atoms with van der Waals surface area (Å²) in [5.41, 5.74) is 1.16. The minimum atomic E-state index is 0. The van der Waals surface area contributed by atoms with Crippen LogP contribution in [0.1, 0.15) is 44.1 Å². The van der Waals surface area contributed by atoms with Crippen molar-refractivity contribution in [1.82, 2.24) is 16.0 Å². The number of aliphatic imine (C=N–C) groups is 1. The van der Waals surface area contributed by atoms with Crippen LogP contribution in [0.2, 0.25) is 0 Å². The van der Waals surface area contributed by atoms with E-state index in [9.17, 15) is 4.79 Å². The molecule has 1 fully saturated rings. The molecule has 1 aromatic rings. The molecular formula is C20H33IN4O2. The van der Waals surface area contributed by atoms with Gasteiger partial charge in [-0.3, -0.25) is 9.79 Å². The van der Waals surface area contributed by atoms with Gasteiger partial charge in [0.15, 0.2) is 5.96 Å². The molecule has 0 aliphatic heterocycles. The number of guanidine groups is 1. The summed E-state index contributed by atoms with van der Waals surface area (Å²) in [5, 5.41) is 9.61. The predicted molar refractivity (Wildman–Crippen MR) is 121 cm³/mol. The number of ether oxygens (including phenoxy) is 1. The smallest absolute Gasteiger partial charge is 0.221 e. The Bertz CT molecular complexity index is 589. The fourth-order valence-corrected chi connectivity index (χ4v) is 3.29. The van der Waals surface area contributed by atoms with Gasteiger partial charge in [0.2, 0.25) is 5.91 Å². The molecule has 0 saturated heterocycles. The quantitative estimate of drug-likeness (QED) is 0.299. The second kappa shape index (κ2) is 13.6. The Morgan fingerprint density at radius 2 is 1.85 bits per heavy atom. The fraction of sp³-hybridized carbons (Fsp3) is 0.600. The normalized spacial score (nSPS) is 14.8. The second-order valence-corrected chi connectivity index (χ2v) is 6.64. The van der Waals surface area contributed by atoms with Crippen molar-refractivity contribution in [1.29, 1.82) is 0 Å². The molecule has 1 aliphatic rings. The first-order valence-corrected chi connectivity index (χ1v) is 9.58. The summed E-state index contributed by atoms with van der Waals surface area (Å²) in [7, 11) is 3.42. The van der Waals surface area contributed by atoms with Crippen molar-refractivity contribution in [3.8, 4) is 5.75 Å². The maximum absolute atomic E-state index is 12.0. The monoisotopic (exact) mass is 488 g/mol. The van der Waals surface area contributed by atoms with Gasteiger partial charge in [-0.1, -0.05) is 37.5 Å². The van der Waals surface area contributed by atoms with Crippen LogP contribution in [-0.2, 0) is 11.2 Å². The summed E-state index contributed by atoms with van der Waals surface area (Å²) < 4.78 is 5.36. The first-order chi connectivity index (χ1) is 12.7. The minimum absolute atomic E-state index is 0. The van der Waals surface area contributed by atoms with Crippen LogP contribution in [0.4, 0.5) is 0 Å². The lowest BCUT2D eigenvalue weighted by molar-refractivity contribution is -0.121. The summed E-state index contributed by atoms with van der Waals surface area (Å²) in [6.45, 7) is 1.32. The number of amides is 1. The van der Waals surface area contributed by atoms with Crippen molar-refractivity contribution in [3.63, 3.8) is 0 Å². The Morgan fingerprint density at radius 1 is 1.15 bits per heavy atom. The van der Waals surface area contributed by atoms with E-state index in [4.69, 9.17) is 4.74 Å². The molecule has 1 aliphatic carbocycles. The molecule has 0 bridgehead atoms. The van der Waals surface area contributed by atoms with Crippen LogP contribution in [0.3, 0.4) is 0 Å². The zero-order valence-electron chi connectivity index (χ0n) is 16.4. The first kappa shape index (κ1) is 23.5. The van der Waals surface area contributed by atoms with Crippen LogP contribution in [0, 0.1) is 0 Å². The van der Waals surface area contributed by atoms with Crippen molar-refractivity contribution in [3.05, 3.63) is 29.8 Å². The van der Waals surface area contributed by atoms with E-state index in [-0.39, 0.29) is 29.9 Å². The number of methoxy groups -OCH3 is 1. The molecule has 7 heteroatoms. The molecule has 3 N–H and O–H groups in total. The number of halogens is 1. The second-order valence-electron chi connectivity index (χ2n) is 6.64. The molecule has 0 atom stereocenters. The van der Waals surface area contributed by atoms with E-state index in [2.05, 4.69) is 27.0 Å². The summed E-state index contributed by atoms with van der Waals surface area (Å²) in [6.07, 6.45) is 7.29. The SMILES string of the molecule is CN=C(NCCC(=O)NC1CCCCC1)NCCc1ccccc1OC.I. The van der Waals surface area contributed by atoms with E-state index in [1.807, 2.05) is 18.2 Å². The molecule has 1 amide bonds. The Kier molecular flexibility index (Phi) is 11.9. The van der Waals surface area contributed by atoms with Crippen LogP contribution in [-0.4, -0.2) is 45.2 Å². The standard InChI is InChI=1S/C20H32N4O2.HI/c1-21-20(22-14-12-16-8-6-7-11-18(16)26-2)23-15-13-19(25)24-17-9-4-3-5-10-17;/h6-8,11,17H,3-5,9-10,12-15H2,1-2H3,(H,24,25)(H2,21,22,23);1H. The zero-order chi connectivity index (χ0) is 18.6. The molecule has 27 heavy (non-hydrogen) atoms. The zero-order valence-corrected chi connectivity index (χ0v) is 18.8. The van der Waals surface area contributed by atoms with Gasteiger partial charge < -0.3 is 20.7 Å². The molecule has 0 aromatic heterocycles. The van der Waals surface area contributed by atoms with Gasteiger partial charge >= 0.3 is 0 Å². The van der Waals surface area contributed by atoms with E-state index in [0.29, 0.717) is 25.0 Å². The third-order valence-corrected chi connectivity index (χ3v) is 4.72. The van der Waals surface area contributed by atoms with Gasteiger partial charge in [0.1, 0.15) is 5.75 Å². The Morgan fingerprint density at radius 3 is 2.56 bits per heavy atom. The number of para-hydroxylation sites is 1. The lowest BCUT2D eigenvalue weighted by Crippen LogP contribution is -2.41. The molecule has 6 nitrogen and oxygen atoms in total. The molecule has 0 heterocycles. The molecule has 0 spiro atoms. The van der Waals surface area contributed by atoms with E-state index in [1.165, 1.54) is 19.3 Å². The topological polar surface area (TPSA) is 74.8 Å². The Hall–Kier alpha value is -1.51. The molecule has 2 rings (SSSR count). The Labute approximate surface area is 179 Å². The summed E-state index contributed by atoms with van der Waals surface area (Å²) in [4.78, 5) is 16.2. The van der Waals surface area contributed by atoms with E-state index in [0.717, 1.165) is 37.1 Å². The molecule has 1 saturated carbocycles. The van der Waals surface area contributed by atoms with Crippen molar-refractivity contribution in [2.45, 2.75) is 51.0 Å². The molecule has 152 valence electrons.